The molecule has 1 aliphatic carbocycles. The van der Waals surface area contributed by atoms with Gasteiger partial charge in [-0.1, -0.05) is 146 Å². The predicted octanol–water partition coefficient (Wildman–Crippen LogP) is 8.84. The minimum atomic E-state index is -0.830. The zero-order valence-corrected chi connectivity index (χ0v) is 28.3. The van der Waals surface area contributed by atoms with Crippen LogP contribution in [-0.4, -0.2) is 43.5 Å². The summed E-state index contributed by atoms with van der Waals surface area (Å²) < 4.78 is 0.119. The molecule has 7 rings (SSSR count). The highest BCUT2D eigenvalue weighted by Gasteiger charge is 2.62. The first-order valence-corrected chi connectivity index (χ1v) is 17.3. The number of halogens is 1. The van der Waals surface area contributed by atoms with E-state index < -0.39 is 10.4 Å². The van der Waals surface area contributed by atoms with Crippen molar-refractivity contribution in [3.05, 3.63) is 180 Å². The van der Waals surface area contributed by atoms with Gasteiger partial charge in [0.1, 0.15) is 12.4 Å². The van der Waals surface area contributed by atoms with Crippen molar-refractivity contribution in [3.63, 3.8) is 0 Å². The average Bonchev–Trinajstić information content (AvgIpc) is 3.83. The van der Waals surface area contributed by atoms with E-state index >= 15 is 0 Å². The number of allylic oxidation sites excluding steroid dienone is 3. The average molecular weight is 668 g/mol. The molecular formula is C41H40ClN6O+. The highest BCUT2D eigenvalue weighted by molar-refractivity contribution is 6.26. The molecule has 5 aromatic rings. The maximum Gasteiger partial charge on any atom is 0.285 e. The number of hydrogen-bond donors (Lipinski definition) is 2. The van der Waals surface area contributed by atoms with Gasteiger partial charge in [-0.05, 0) is 23.6 Å². The van der Waals surface area contributed by atoms with Gasteiger partial charge in [-0.3, -0.25) is 0 Å². The monoisotopic (exact) mass is 667 g/mol. The Morgan fingerprint density at radius 2 is 1.43 bits per heavy atom. The molecule has 8 heteroatoms. The van der Waals surface area contributed by atoms with Crippen LogP contribution < -0.4 is 0 Å². The number of aliphatic hydroxyl groups excluding tert-OH is 1. The summed E-state index contributed by atoms with van der Waals surface area (Å²) in [4.78, 5) is 6.72. The lowest BCUT2D eigenvalue weighted by Crippen LogP contribution is -2.63. The van der Waals surface area contributed by atoms with E-state index in [9.17, 15) is 5.11 Å². The SMILES string of the molecule is CCCC[N+]1(C(c2ccccc2)(c2ccccc2)c2ccccc2)N=NN=C1c1ccccc1C1=CC(CO)C(Cl)(Cc2ncc[nH]2)C=C1. The zero-order valence-electron chi connectivity index (χ0n) is 27.5. The van der Waals surface area contributed by atoms with Crippen molar-refractivity contribution < 1.29 is 9.70 Å². The molecule has 7 nitrogen and oxygen atoms in total. The molecule has 0 bridgehead atoms. The smallest absolute Gasteiger partial charge is 0.285 e. The Morgan fingerprint density at radius 3 is 1.98 bits per heavy atom. The first-order valence-electron chi connectivity index (χ1n) is 16.9. The van der Waals surface area contributed by atoms with E-state index in [1.54, 1.807) is 12.4 Å². The summed E-state index contributed by atoms with van der Waals surface area (Å²) in [5.74, 6) is 1.19. The van der Waals surface area contributed by atoms with Crippen LogP contribution in [0, 0.1) is 5.92 Å². The van der Waals surface area contributed by atoms with Gasteiger partial charge >= 0.3 is 0 Å². The predicted molar refractivity (Wildman–Crippen MR) is 196 cm³/mol. The fourth-order valence-corrected chi connectivity index (χ4v) is 7.85. The number of quaternary nitrogens is 1. The Labute approximate surface area is 292 Å². The highest BCUT2D eigenvalue weighted by atomic mass is 35.5. The summed E-state index contributed by atoms with van der Waals surface area (Å²) in [6, 6.07) is 40.2. The van der Waals surface area contributed by atoms with Crippen molar-refractivity contribution in [2.75, 3.05) is 13.2 Å². The topological polar surface area (TPSA) is 86.0 Å². The number of rotatable bonds is 12. The number of amidine groups is 1. The van der Waals surface area contributed by atoms with Crippen LogP contribution in [0.2, 0.25) is 0 Å². The normalized spacial score (nSPS) is 21.8. The minimum Gasteiger partial charge on any atom is -0.396 e. The number of aromatic amines is 1. The Bertz CT molecular complexity index is 1900. The molecule has 0 saturated heterocycles. The molecule has 1 aromatic heterocycles. The molecule has 0 saturated carbocycles. The van der Waals surface area contributed by atoms with Gasteiger partial charge in [-0.15, -0.1) is 16.2 Å². The Balaban J connectivity index is 1.44. The number of aliphatic hydroxyl groups is 1. The Kier molecular flexibility index (Phi) is 9.23. The maximum absolute atomic E-state index is 10.6. The number of imidazole rings is 1. The summed E-state index contributed by atoms with van der Waals surface area (Å²) in [6.45, 7) is 2.76. The quantitative estimate of drug-likeness (QED) is 0.0791. The fraction of sp³-hybridized carbons (Fsp3) is 0.220. The standard InChI is InChI=1S/C41H40ClN6O/c1-2-3-27-48(41(32-15-7-4-8-16-32,33-17-9-5-10-18-33)34-19-11-6-12-20-34)39(45-46-47-48)37-22-14-13-21-36(37)31-23-24-40(42,35(28-31)30-49)29-38-43-25-26-44-38/h4-26,28,35,49H,2-3,27,29-30H2,1H3,(H,43,44)/q+1. The van der Waals surface area contributed by atoms with E-state index in [1.807, 2.05) is 18.2 Å². The number of nitrogens with zero attached hydrogens (tertiary/aromatic N) is 5. The molecule has 0 radical (unpaired) electrons. The van der Waals surface area contributed by atoms with Crippen LogP contribution in [0.15, 0.2) is 161 Å². The minimum absolute atomic E-state index is 0.110. The highest BCUT2D eigenvalue weighted by Crippen LogP contribution is 2.51. The first-order chi connectivity index (χ1) is 24.1. The molecule has 2 N–H and O–H groups in total. The Morgan fingerprint density at radius 1 is 0.837 bits per heavy atom. The van der Waals surface area contributed by atoms with Crippen LogP contribution in [0.1, 0.15) is 53.4 Å². The van der Waals surface area contributed by atoms with Gasteiger partial charge in [0.15, 0.2) is 0 Å². The zero-order chi connectivity index (χ0) is 33.7. The van der Waals surface area contributed by atoms with E-state index in [0.717, 1.165) is 57.9 Å². The molecule has 1 aliphatic heterocycles. The lowest BCUT2D eigenvalue weighted by Gasteiger charge is -2.46. The molecule has 2 heterocycles. The van der Waals surface area contributed by atoms with Gasteiger partial charge < -0.3 is 10.1 Å². The molecule has 0 fully saturated rings. The number of H-pyrrole nitrogens is 1. The van der Waals surface area contributed by atoms with Crippen molar-refractivity contribution in [3.8, 4) is 0 Å². The summed E-state index contributed by atoms with van der Waals surface area (Å²) in [5.41, 5.74) is 5.31. The Hall–Kier alpha value is -4.95. The molecular weight excluding hydrogens is 628 g/mol. The van der Waals surface area contributed by atoms with Gasteiger partial charge in [0.25, 0.3) is 5.84 Å². The first kappa shape index (κ1) is 32.6. The van der Waals surface area contributed by atoms with Gasteiger partial charge in [0, 0.05) is 46.6 Å². The van der Waals surface area contributed by atoms with Crippen LogP contribution >= 0.6 is 11.6 Å². The van der Waals surface area contributed by atoms with Crippen LogP contribution in [0.4, 0.5) is 0 Å². The number of unbranched alkanes of at least 4 members (excludes halogenated alkanes) is 1. The van der Waals surface area contributed by atoms with Gasteiger partial charge in [0.2, 0.25) is 5.54 Å². The molecule has 3 atom stereocenters. The van der Waals surface area contributed by atoms with Crippen molar-refractivity contribution in [2.45, 2.75) is 36.6 Å². The second kappa shape index (κ2) is 13.9. The fourth-order valence-electron chi connectivity index (χ4n) is 7.53. The van der Waals surface area contributed by atoms with Crippen LogP contribution in [0.25, 0.3) is 5.57 Å². The van der Waals surface area contributed by atoms with E-state index in [4.69, 9.17) is 21.9 Å². The van der Waals surface area contributed by atoms with Gasteiger partial charge in [-0.2, -0.15) is 0 Å². The summed E-state index contributed by atoms with van der Waals surface area (Å²) in [6.07, 6.45) is 12.0. The van der Waals surface area contributed by atoms with E-state index in [2.05, 4.69) is 137 Å². The van der Waals surface area contributed by atoms with E-state index in [0.29, 0.717) is 13.0 Å². The van der Waals surface area contributed by atoms with Crippen LogP contribution in [-0.2, 0) is 12.0 Å². The van der Waals surface area contributed by atoms with E-state index in [1.165, 1.54) is 0 Å². The third-order valence-corrected chi connectivity index (χ3v) is 10.4. The molecule has 49 heavy (non-hydrogen) atoms. The largest absolute Gasteiger partial charge is 0.396 e. The van der Waals surface area contributed by atoms with Crippen molar-refractivity contribution in [1.82, 2.24) is 9.97 Å². The second-order valence-electron chi connectivity index (χ2n) is 12.7. The lowest BCUT2D eigenvalue weighted by atomic mass is 9.73. The second-order valence-corrected chi connectivity index (χ2v) is 13.4. The molecule has 3 unspecified atom stereocenters. The van der Waals surface area contributed by atoms with Gasteiger partial charge in [0.05, 0.1) is 22.3 Å². The number of hydrogen-bond acceptors (Lipinski definition) is 5. The number of benzene rings is 4. The third-order valence-electron chi connectivity index (χ3n) is 9.85. The van der Waals surface area contributed by atoms with E-state index in [-0.39, 0.29) is 17.1 Å². The molecule has 0 spiro atoms. The van der Waals surface area contributed by atoms with Crippen molar-refractivity contribution in [2.24, 2.45) is 21.5 Å². The van der Waals surface area contributed by atoms with Crippen LogP contribution in [0.5, 0.6) is 0 Å². The van der Waals surface area contributed by atoms with Crippen LogP contribution in [0.3, 0.4) is 0 Å². The number of alkyl halides is 1. The van der Waals surface area contributed by atoms with Gasteiger partial charge in [-0.25, -0.2) is 4.98 Å². The summed E-state index contributed by atoms with van der Waals surface area (Å²) in [5, 5.41) is 25.3. The number of nitrogens with one attached hydrogen (secondary N) is 1. The lowest BCUT2D eigenvalue weighted by molar-refractivity contribution is -0.897. The molecule has 246 valence electrons. The van der Waals surface area contributed by atoms with Crippen molar-refractivity contribution in [1.29, 1.82) is 0 Å². The summed E-state index contributed by atoms with van der Waals surface area (Å²) in [7, 11) is 0. The summed E-state index contributed by atoms with van der Waals surface area (Å²) >= 11 is 7.21. The molecule has 0 amide bonds. The van der Waals surface area contributed by atoms with Crippen molar-refractivity contribution >= 4 is 23.0 Å². The maximum atomic E-state index is 10.6. The third kappa shape index (κ3) is 5.68. The molecule has 4 aromatic carbocycles. The number of aromatic nitrogens is 2. The molecule has 2 aliphatic rings.